The largest absolute Gasteiger partial charge is 0.482 e. The molecule has 1 amide bonds. The molecule has 6 nitrogen and oxygen atoms in total. The van der Waals surface area contributed by atoms with E-state index < -0.39 is 0 Å². The fourth-order valence-corrected chi connectivity index (χ4v) is 1.31. The zero-order valence-corrected chi connectivity index (χ0v) is 11.1. The fourth-order valence-electron chi connectivity index (χ4n) is 1.31. The van der Waals surface area contributed by atoms with Crippen molar-refractivity contribution in [1.29, 1.82) is 0 Å². The highest BCUT2D eigenvalue weighted by Crippen LogP contribution is 2.19. The minimum atomic E-state index is -0.210. The molecule has 6 heteroatoms. The highest BCUT2D eigenvalue weighted by atomic mass is 16.5. The summed E-state index contributed by atoms with van der Waals surface area (Å²) in [4.78, 5) is 11.5. The average Bonchev–Trinajstić information content (AvgIpc) is 2.42. The van der Waals surface area contributed by atoms with E-state index in [9.17, 15) is 4.79 Å². The van der Waals surface area contributed by atoms with Crippen LogP contribution in [0.1, 0.15) is 0 Å². The molecule has 3 N–H and O–H groups in total. The first-order valence-corrected chi connectivity index (χ1v) is 6.04. The number of nitrogens with one attached hydrogen (secondary N) is 1. The fraction of sp³-hybridized carbons (Fsp3) is 0.462. The van der Waals surface area contributed by atoms with Gasteiger partial charge in [0.25, 0.3) is 5.91 Å². The number of carbonyl (C=O) groups excluding carboxylic acids is 1. The number of nitrogens with two attached hydrogens (primary N) is 1. The lowest BCUT2D eigenvalue weighted by Gasteiger charge is -2.09. The number of para-hydroxylation sites is 2. The smallest absolute Gasteiger partial charge is 0.258 e. The SMILES string of the molecule is COCCOCCNC(=O)COc1ccccc1N. The summed E-state index contributed by atoms with van der Waals surface area (Å²) in [6.07, 6.45) is 0. The lowest BCUT2D eigenvalue weighted by Crippen LogP contribution is -2.32. The summed E-state index contributed by atoms with van der Waals surface area (Å²) >= 11 is 0. The number of benzene rings is 1. The summed E-state index contributed by atoms with van der Waals surface area (Å²) < 4.78 is 15.3. The Morgan fingerprint density at radius 2 is 2.05 bits per heavy atom. The Morgan fingerprint density at radius 3 is 2.79 bits per heavy atom. The molecule has 0 radical (unpaired) electrons. The summed E-state index contributed by atoms with van der Waals surface area (Å²) in [5, 5.41) is 2.68. The molecule has 1 aromatic rings. The molecule has 1 aromatic carbocycles. The molecule has 0 unspecified atom stereocenters. The van der Waals surface area contributed by atoms with Crippen LogP contribution in [0.15, 0.2) is 24.3 Å². The topological polar surface area (TPSA) is 82.8 Å². The van der Waals surface area contributed by atoms with Gasteiger partial charge in [0, 0.05) is 13.7 Å². The molecule has 0 atom stereocenters. The van der Waals surface area contributed by atoms with Crippen LogP contribution in [0.2, 0.25) is 0 Å². The Kier molecular flexibility index (Phi) is 7.38. The molecule has 0 spiro atoms. The highest BCUT2D eigenvalue weighted by Gasteiger charge is 2.03. The summed E-state index contributed by atoms with van der Waals surface area (Å²) in [5.74, 6) is 0.299. The van der Waals surface area contributed by atoms with Gasteiger partial charge in [-0.05, 0) is 12.1 Å². The lowest BCUT2D eigenvalue weighted by molar-refractivity contribution is -0.123. The Morgan fingerprint density at radius 1 is 1.26 bits per heavy atom. The van der Waals surface area contributed by atoms with E-state index in [1.807, 2.05) is 0 Å². The van der Waals surface area contributed by atoms with Crippen molar-refractivity contribution in [3.8, 4) is 5.75 Å². The number of methoxy groups -OCH3 is 1. The van der Waals surface area contributed by atoms with Crippen molar-refractivity contribution >= 4 is 11.6 Å². The third kappa shape index (κ3) is 6.64. The minimum absolute atomic E-state index is 0.0632. The van der Waals surface area contributed by atoms with Crippen LogP contribution in [0.25, 0.3) is 0 Å². The Labute approximate surface area is 112 Å². The van der Waals surface area contributed by atoms with Crippen LogP contribution in [-0.4, -0.2) is 46.0 Å². The quantitative estimate of drug-likeness (QED) is 0.501. The molecule has 0 bridgehead atoms. The Balaban J connectivity index is 2.10. The van der Waals surface area contributed by atoms with E-state index in [1.165, 1.54) is 0 Å². The third-order valence-corrected chi connectivity index (χ3v) is 2.28. The second-order valence-corrected chi connectivity index (χ2v) is 3.78. The third-order valence-electron chi connectivity index (χ3n) is 2.28. The standard InChI is InChI=1S/C13H20N2O4/c1-17-8-9-18-7-6-15-13(16)10-19-12-5-3-2-4-11(12)14/h2-5H,6-10,14H2,1H3,(H,15,16). The normalized spacial score (nSPS) is 10.2. The van der Waals surface area contributed by atoms with E-state index in [0.717, 1.165) is 0 Å². The predicted molar refractivity (Wildman–Crippen MR) is 72.1 cm³/mol. The summed E-state index contributed by atoms with van der Waals surface area (Å²) in [5.41, 5.74) is 6.20. The Hall–Kier alpha value is -1.79. The van der Waals surface area contributed by atoms with Crippen molar-refractivity contribution in [3.05, 3.63) is 24.3 Å². The predicted octanol–water partition coefficient (Wildman–Crippen LogP) is 0.427. The van der Waals surface area contributed by atoms with Crippen molar-refractivity contribution in [1.82, 2.24) is 5.32 Å². The average molecular weight is 268 g/mol. The first-order chi connectivity index (χ1) is 9.24. The molecule has 19 heavy (non-hydrogen) atoms. The van der Waals surface area contributed by atoms with Crippen molar-refractivity contribution in [2.24, 2.45) is 0 Å². The van der Waals surface area contributed by atoms with Crippen molar-refractivity contribution in [2.45, 2.75) is 0 Å². The summed E-state index contributed by atoms with van der Waals surface area (Å²) in [7, 11) is 1.61. The van der Waals surface area contributed by atoms with Gasteiger partial charge in [0.05, 0.1) is 25.5 Å². The molecule has 106 valence electrons. The van der Waals surface area contributed by atoms with E-state index in [2.05, 4.69) is 5.32 Å². The van der Waals surface area contributed by atoms with Gasteiger partial charge in [0.2, 0.25) is 0 Å². The highest BCUT2D eigenvalue weighted by molar-refractivity contribution is 5.77. The monoisotopic (exact) mass is 268 g/mol. The van der Waals surface area contributed by atoms with E-state index in [1.54, 1.807) is 31.4 Å². The van der Waals surface area contributed by atoms with Gasteiger partial charge < -0.3 is 25.3 Å². The van der Waals surface area contributed by atoms with Gasteiger partial charge in [-0.15, -0.1) is 0 Å². The maximum atomic E-state index is 11.5. The first kappa shape index (κ1) is 15.3. The Bertz CT molecular complexity index is 385. The number of ether oxygens (including phenoxy) is 3. The molecule has 0 fully saturated rings. The van der Waals surface area contributed by atoms with Crippen molar-refractivity contribution < 1.29 is 19.0 Å². The molecular weight excluding hydrogens is 248 g/mol. The van der Waals surface area contributed by atoms with E-state index in [0.29, 0.717) is 37.8 Å². The second kappa shape index (κ2) is 9.18. The number of hydrogen-bond acceptors (Lipinski definition) is 5. The van der Waals surface area contributed by atoms with Crippen LogP contribution in [0.5, 0.6) is 5.75 Å². The maximum Gasteiger partial charge on any atom is 0.258 e. The number of anilines is 1. The number of hydrogen-bond donors (Lipinski definition) is 2. The lowest BCUT2D eigenvalue weighted by atomic mass is 10.3. The molecular formula is C13H20N2O4. The molecule has 0 saturated carbocycles. The van der Waals surface area contributed by atoms with Crippen LogP contribution < -0.4 is 15.8 Å². The van der Waals surface area contributed by atoms with Gasteiger partial charge in [0.1, 0.15) is 5.75 Å². The molecule has 0 aliphatic carbocycles. The van der Waals surface area contributed by atoms with E-state index >= 15 is 0 Å². The molecule has 0 aliphatic heterocycles. The van der Waals surface area contributed by atoms with Crippen LogP contribution in [0.3, 0.4) is 0 Å². The van der Waals surface area contributed by atoms with Crippen molar-refractivity contribution in [2.75, 3.05) is 45.8 Å². The van der Waals surface area contributed by atoms with Gasteiger partial charge in [-0.2, -0.15) is 0 Å². The van der Waals surface area contributed by atoms with Crippen LogP contribution in [-0.2, 0) is 14.3 Å². The van der Waals surface area contributed by atoms with Gasteiger partial charge in [-0.1, -0.05) is 12.1 Å². The minimum Gasteiger partial charge on any atom is -0.482 e. The van der Waals surface area contributed by atoms with Gasteiger partial charge in [-0.25, -0.2) is 0 Å². The summed E-state index contributed by atoms with van der Waals surface area (Å²) in [6.45, 7) is 1.89. The molecule has 0 aromatic heterocycles. The van der Waals surface area contributed by atoms with Crippen LogP contribution in [0, 0.1) is 0 Å². The number of rotatable bonds is 9. The molecule has 1 rings (SSSR count). The molecule has 0 aliphatic rings. The number of nitrogen functional groups attached to an aromatic ring is 1. The maximum absolute atomic E-state index is 11.5. The summed E-state index contributed by atoms with van der Waals surface area (Å²) in [6, 6.07) is 7.04. The van der Waals surface area contributed by atoms with Crippen LogP contribution >= 0.6 is 0 Å². The number of carbonyl (C=O) groups is 1. The zero-order chi connectivity index (χ0) is 13.9. The molecule has 0 saturated heterocycles. The van der Waals surface area contributed by atoms with Gasteiger partial charge in [-0.3, -0.25) is 4.79 Å². The van der Waals surface area contributed by atoms with E-state index in [4.69, 9.17) is 19.9 Å². The molecule has 0 heterocycles. The van der Waals surface area contributed by atoms with Crippen LogP contribution in [0.4, 0.5) is 5.69 Å². The van der Waals surface area contributed by atoms with E-state index in [-0.39, 0.29) is 12.5 Å². The zero-order valence-electron chi connectivity index (χ0n) is 11.1. The van der Waals surface area contributed by atoms with Crippen molar-refractivity contribution in [3.63, 3.8) is 0 Å². The second-order valence-electron chi connectivity index (χ2n) is 3.78. The first-order valence-electron chi connectivity index (χ1n) is 6.04. The van der Waals surface area contributed by atoms with Gasteiger partial charge in [0.15, 0.2) is 6.61 Å². The number of amides is 1. The van der Waals surface area contributed by atoms with Gasteiger partial charge >= 0.3 is 0 Å².